The van der Waals surface area contributed by atoms with E-state index >= 15 is 4.39 Å². The Labute approximate surface area is 250 Å². The van der Waals surface area contributed by atoms with E-state index in [1.807, 2.05) is 0 Å². The highest BCUT2D eigenvalue weighted by Gasteiger charge is 2.27. The number of rotatable bonds is 7. The van der Waals surface area contributed by atoms with Crippen LogP contribution in [0.25, 0.3) is 22.2 Å². The van der Waals surface area contributed by atoms with Crippen molar-refractivity contribution in [1.29, 1.82) is 0 Å². The minimum Gasteiger partial charge on any atom is -0.504 e. The van der Waals surface area contributed by atoms with Crippen molar-refractivity contribution >= 4 is 46.3 Å². The van der Waals surface area contributed by atoms with E-state index in [1.165, 1.54) is 21.5 Å². The van der Waals surface area contributed by atoms with Crippen molar-refractivity contribution in [2.45, 2.75) is 25.9 Å². The van der Waals surface area contributed by atoms with Gasteiger partial charge >= 0.3 is 0 Å². The van der Waals surface area contributed by atoms with Crippen LogP contribution >= 0.6 is 11.6 Å². The quantitative estimate of drug-likeness (QED) is 0.303. The molecule has 12 nitrogen and oxygen atoms in total. The van der Waals surface area contributed by atoms with Crippen LogP contribution in [0.2, 0.25) is 5.02 Å². The summed E-state index contributed by atoms with van der Waals surface area (Å²) in [6, 6.07) is 2.87. The zero-order chi connectivity index (χ0) is 30.4. The number of piperazine rings is 1. The molecule has 2 aliphatic rings. The largest absolute Gasteiger partial charge is 0.504 e. The van der Waals surface area contributed by atoms with Crippen LogP contribution < -0.4 is 20.5 Å². The van der Waals surface area contributed by atoms with E-state index in [1.54, 1.807) is 6.07 Å². The van der Waals surface area contributed by atoms with Crippen LogP contribution in [0.4, 0.5) is 15.9 Å². The van der Waals surface area contributed by atoms with Crippen LogP contribution in [0.15, 0.2) is 29.3 Å². The molecule has 1 aromatic carbocycles. The fourth-order valence-electron chi connectivity index (χ4n) is 5.65. The van der Waals surface area contributed by atoms with E-state index < -0.39 is 23.2 Å². The SMILES string of the molecule is COc1c(O)c(C=O)cc(-c2cn(CC(=O)Nc3cc(N4CCN(C)CC4)ncc3Cl)c3nc4n(c(=O)c23)CCC4)c1F. The van der Waals surface area contributed by atoms with Crippen LogP contribution in [0.3, 0.4) is 0 Å². The molecule has 2 N–H and O–H groups in total. The van der Waals surface area contributed by atoms with Crippen molar-refractivity contribution in [2.24, 2.45) is 0 Å². The number of amides is 1. The number of benzene rings is 1. The van der Waals surface area contributed by atoms with Gasteiger partial charge < -0.3 is 29.5 Å². The summed E-state index contributed by atoms with van der Waals surface area (Å²) >= 11 is 6.39. The maximum absolute atomic E-state index is 15.6. The number of hydrogen-bond acceptors (Lipinski definition) is 9. The zero-order valence-corrected chi connectivity index (χ0v) is 24.3. The molecule has 0 radical (unpaired) electrons. The first-order chi connectivity index (χ1) is 20.7. The number of pyridine rings is 1. The van der Waals surface area contributed by atoms with Crippen molar-refractivity contribution in [1.82, 2.24) is 24.0 Å². The minimum absolute atomic E-state index is 0.0845. The molecule has 0 unspecified atom stereocenters. The highest BCUT2D eigenvalue weighted by atomic mass is 35.5. The molecule has 0 saturated carbocycles. The lowest BCUT2D eigenvalue weighted by Gasteiger charge is -2.33. The summed E-state index contributed by atoms with van der Waals surface area (Å²) in [5.74, 6) is -1.34. The molecule has 4 aromatic rings. The van der Waals surface area contributed by atoms with E-state index in [9.17, 15) is 19.5 Å². The Balaban J connectivity index is 1.39. The molecular weight excluding hydrogens is 581 g/mol. The number of nitrogens with zero attached hydrogens (tertiary/aromatic N) is 6. The van der Waals surface area contributed by atoms with Gasteiger partial charge in [0.1, 0.15) is 23.8 Å². The average Bonchev–Trinajstić information content (AvgIpc) is 3.61. The molecule has 0 atom stereocenters. The van der Waals surface area contributed by atoms with Gasteiger partial charge in [-0.1, -0.05) is 11.6 Å². The van der Waals surface area contributed by atoms with E-state index in [4.69, 9.17) is 16.3 Å². The topological polar surface area (TPSA) is 135 Å². The summed E-state index contributed by atoms with van der Waals surface area (Å²) < 4.78 is 23.7. The minimum atomic E-state index is -0.959. The van der Waals surface area contributed by atoms with Gasteiger partial charge in [-0.2, -0.15) is 0 Å². The van der Waals surface area contributed by atoms with Gasteiger partial charge in [0.05, 0.1) is 35.0 Å². The fraction of sp³-hybridized carbons (Fsp3) is 0.345. The van der Waals surface area contributed by atoms with Crippen molar-refractivity contribution in [3.05, 3.63) is 57.1 Å². The van der Waals surface area contributed by atoms with Crippen LogP contribution in [0, 0.1) is 5.82 Å². The zero-order valence-electron chi connectivity index (χ0n) is 23.6. The summed E-state index contributed by atoms with van der Waals surface area (Å²) in [7, 11) is 3.22. The Kier molecular flexibility index (Phi) is 7.52. The Morgan fingerprint density at radius 2 is 1.98 bits per heavy atom. The third-order valence-corrected chi connectivity index (χ3v) is 8.24. The number of likely N-dealkylation sites (N-methyl/N-ethyl adjacent to an activating group) is 1. The second-order valence-corrected chi connectivity index (χ2v) is 11.1. The molecule has 2 aliphatic heterocycles. The van der Waals surface area contributed by atoms with E-state index in [0.717, 1.165) is 45.8 Å². The molecule has 0 spiro atoms. The number of hydrogen-bond donors (Lipinski definition) is 2. The molecule has 224 valence electrons. The van der Waals surface area contributed by atoms with Gasteiger partial charge in [0.2, 0.25) is 5.91 Å². The monoisotopic (exact) mass is 609 g/mol. The number of methoxy groups -OCH3 is 1. The van der Waals surface area contributed by atoms with Crippen molar-refractivity contribution < 1.29 is 23.8 Å². The number of aromatic nitrogens is 4. The predicted molar refractivity (Wildman–Crippen MR) is 159 cm³/mol. The maximum Gasteiger partial charge on any atom is 0.263 e. The predicted octanol–water partition coefficient (Wildman–Crippen LogP) is 2.92. The lowest BCUT2D eigenvalue weighted by Crippen LogP contribution is -2.44. The number of fused-ring (bicyclic) bond motifs is 2. The van der Waals surface area contributed by atoms with Gasteiger partial charge in [-0.15, -0.1) is 0 Å². The standard InChI is InChI=1S/C29H29ClFN7O5/c1-35-6-8-36(9-7-35)22-11-20(19(30)12-32-22)33-23(40)14-37-13-18(17-10-16(15-39)26(41)27(43-2)25(17)31)24-28(37)34-21-4-3-5-38(21)29(24)42/h10-13,15,41H,3-9,14H2,1-2H3,(H,32,33,40). The molecule has 3 aromatic heterocycles. The van der Waals surface area contributed by atoms with Gasteiger partial charge in [-0.05, 0) is 19.5 Å². The number of carbonyl (C=O) groups excluding carboxylic acids is 2. The fourth-order valence-corrected chi connectivity index (χ4v) is 5.80. The molecule has 1 fully saturated rings. The average molecular weight is 610 g/mol. The smallest absolute Gasteiger partial charge is 0.263 e. The van der Waals surface area contributed by atoms with Crippen molar-refractivity contribution in [2.75, 3.05) is 50.6 Å². The Bertz CT molecular complexity index is 1830. The number of carbonyl (C=O) groups is 2. The number of ether oxygens (including phenoxy) is 1. The van der Waals surface area contributed by atoms with E-state index in [-0.39, 0.29) is 44.9 Å². The summed E-state index contributed by atoms with van der Waals surface area (Å²) in [5.41, 5.74) is -0.0649. The molecule has 0 bridgehead atoms. The molecule has 6 rings (SSSR count). The third kappa shape index (κ3) is 5.08. The van der Waals surface area contributed by atoms with Crippen molar-refractivity contribution in [3.63, 3.8) is 0 Å². The first-order valence-electron chi connectivity index (χ1n) is 13.8. The number of phenols is 1. The van der Waals surface area contributed by atoms with Gasteiger partial charge in [-0.3, -0.25) is 19.0 Å². The van der Waals surface area contributed by atoms with Gasteiger partial charge in [0.25, 0.3) is 5.56 Å². The molecule has 43 heavy (non-hydrogen) atoms. The van der Waals surface area contributed by atoms with Gasteiger partial charge in [0.15, 0.2) is 23.6 Å². The van der Waals surface area contributed by atoms with Crippen LogP contribution in [0.1, 0.15) is 22.6 Å². The van der Waals surface area contributed by atoms with E-state index in [0.29, 0.717) is 36.6 Å². The third-order valence-electron chi connectivity index (χ3n) is 7.94. The molecule has 14 heteroatoms. The number of aryl methyl sites for hydroxylation is 1. The molecule has 0 aliphatic carbocycles. The number of halogens is 2. The van der Waals surface area contributed by atoms with Crippen molar-refractivity contribution in [3.8, 4) is 22.6 Å². The number of phenolic OH excluding ortho intramolecular Hbond substituents is 1. The second kappa shape index (κ2) is 11.3. The molecule has 1 amide bonds. The molecule has 1 saturated heterocycles. The second-order valence-electron chi connectivity index (χ2n) is 10.6. The van der Waals surface area contributed by atoms with Gasteiger partial charge in [-0.25, -0.2) is 14.4 Å². The number of aldehydes is 1. The normalized spacial score (nSPS) is 15.1. The van der Waals surface area contributed by atoms with Gasteiger partial charge in [0, 0.05) is 62.5 Å². The highest BCUT2D eigenvalue weighted by Crippen LogP contribution is 2.40. The highest BCUT2D eigenvalue weighted by molar-refractivity contribution is 6.33. The summed E-state index contributed by atoms with van der Waals surface area (Å²) in [4.78, 5) is 52.1. The Morgan fingerprint density at radius 3 is 2.70 bits per heavy atom. The Morgan fingerprint density at radius 1 is 1.21 bits per heavy atom. The summed E-state index contributed by atoms with van der Waals surface area (Å²) in [6.45, 7) is 3.52. The first kappa shape index (κ1) is 28.6. The molecular formula is C29H29ClFN7O5. The summed E-state index contributed by atoms with van der Waals surface area (Å²) in [5, 5.41) is 13.5. The maximum atomic E-state index is 15.6. The Hall–Kier alpha value is -4.49. The number of anilines is 2. The van der Waals surface area contributed by atoms with E-state index in [2.05, 4.69) is 32.1 Å². The number of nitrogens with one attached hydrogen (secondary N) is 1. The lowest BCUT2D eigenvalue weighted by molar-refractivity contribution is -0.116. The number of aromatic hydroxyl groups is 1. The first-order valence-corrected chi connectivity index (χ1v) is 14.1. The van der Waals surface area contributed by atoms with Crippen LogP contribution in [0.5, 0.6) is 11.5 Å². The summed E-state index contributed by atoms with van der Waals surface area (Å²) in [6.07, 6.45) is 4.60. The molecule has 5 heterocycles. The van der Waals surface area contributed by atoms with Crippen LogP contribution in [-0.4, -0.2) is 81.6 Å². The van der Waals surface area contributed by atoms with Crippen LogP contribution in [-0.2, 0) is 24.3 Å². The lowest BCUT2D eigenvalue weighted by atomic mass is 10.0.